The van der Waals surface area contributed by atoms with E-state index in [0.717, 1.165) is 23.3 Å². The van der Waals surface area contributed by atoms with Crippen molar-refractivity contribution in [2.24, 2.45) is 0 Å². The van der Waals surface area contributed by atoms with Crippen LogP contribution in [0.25, 0.3) is 0 Å². The summed E-state index contributed by atoms with van der Waals surface area (Å²) in [6.07, 6.45) is 1.36. The Hall–Kier alpha value is -2.66. The molecule has 0 saturated heterocycles. The van der Waals surface area contributed by atoms with Crippen LogP contribution in [-0.4, -0.2) is 28.8 Å². The number of amides is 1. The molecule has 3 rings (SSSR count). The Morgan fingerprint density at radius 1 is 0.966 bits per heavy atom. The molecule has 0 saturated carbocycles. The maximum atomic E-state index is 12.4. The molecule has 1 aliphatic carbocycles. The van der Waals surface area contributed by atoms with E-state index in [2.05, 4.69) is 39.8 Å². The molecule has 0 heterocycles. The van der Waals surface area contributed by atoms with E-state index in [1.165, 1.54) is 11.1 Å². The van der Waals surface area contributed by atoms with Crippen molar-refractivity contribution < 1.29 is 19.4 Å². The number of carbonyl (C=O) groups excluding carboxylic acids is 2. The van der Waals surface area contributed by atoms with E-state index < -0.39 is 18.8 Å². The van der Waals surface area contributed by atoms with Crippen molar-refractivity contribution in [2.75, 3.05) is 6.73 Å². The first-order valence-electron chi connectivity index (χ1n) is 9.95. The van der Waals surface area contributed by atoms with Gasteiger partial charge in [0.1, 0.15) is 6.73 Å². The molecule has 1 amide bonds. The Kier molecular flexibility index (Phi) is 5.80. The van der Waals surface area contributed by atoms with Gasteiger partial charge in [-0.05, 0) is 52.5 Å². The van der Waals surface area contributed by atoms with E-state index in [0.29, 0.717) is 0 Å². The van der Waals surface area contributed by atoms with E-state index in [-0.39, 0.29) is 22.9 Å². The molecular formula is C24H29NO4. The van der Waals surface area contributed by atoms with Crippen LogP contribution in [-0.2, 0) is 22.1 Å². The average Bonchev–Trinajstić information content (AvgIpc) is 2.70. The highest BCUT2D eigenvalue weighted by molar-refractivity contribution is 5.96. The topological polar surface area (TPSA) is 66.8 Å². The minimum Gasteiger partial charge on any atom is -0.376 e. The standard InChI is InChI=1S/C24H29NO4/c1-23(2)12-13-24(3,4)20-14-17(10-11-19(20)23)15-25(16-26)22(28)29-21(27)18-8-6-5-7-9-18/h5-11,14,26H,12-13,15-16H2,1-4H3. The summed E-state index contributed by atoms with van der Waals surface area (Å²) in [6.45, 7) is 8.62. The maximum Gasteiger partial charge on any atom is 0.419 e. The molecule has 0 unspecified atom stereocenters. The van der Waals surface area contributed by atoms with Gasteiger partial charge < -0.3 is 9.84 Å². The normalized spacial score (nSPS) is 16.6. The molecule has 0 atom stereocenters. The summed E-state index contributed by atoms with van der Waals surface area (Å²) in [7, 11) is 0. The van der Waals surface area contributed by atoms with Crippen molar-refractivity contribution in [3.05, 3.63) is 70.8 Å². The molecule has 0 bridgehead atoms. The van der Waals surface area contributed by atoms with Gasteiger partial charge in [0.15, 0.2) is 0 Å². The Labute approximate surface area is 172 Å². The van der Waals surface area contributed by atoms with Crippen molar-refractivity contribution in [3.63, 3.8) is 0 Å². The Morgan fingerprint density at radius 2 is 1.59 bits per heavy atom. The number of aliphatic hydroxyl groups excluding tert-OH is 1. The molecule has 0 spiro atoms. The lowest BCUT2D eigenvalue weighted by Crippen LogP contribution is -2.35. The summed E-state index contributed by atoms with van der Waals surface area (Å²) in [5.74, 6) is -0.734. The fraction of sp³-hybridized carbons (Fsp3) is 0.417. The second-order valence-corrected chi connectivity index (χ2v) is 9.01. The van der Waals surface area contributed by atoms with Gasteiger partial charge >= 0.3 is 12.1 Å². The van der Waals surface area contributed by atoms with E-state index in [9.17, 15) is 14.7 Å². The maximum absolute atomic E-state index is 12.4. The van der Waals surface area contributed by atoms with E-state index in [4.69, 9.17) is 4.74 Å². The smallest absolute Gasteiger partial charge is 0.376 e. The molecular weight excluding hydrogens is 366 g/mol. The zero-order chi connectivity index (χ0) is 21.2. The minimum atomic E-state index is -0.862. The zero-order valence-corrected chi connectivity index (χ0v) is 17.6. The predicted molar refractivity (Wildman–Crippen MR) is 112 cm³/mol. The average molecular weight is 395 g/mol. The predicted octanol–water partition coefficient (Wildman–Crippen LogP) is 4.76. The van der Waals surface area contributed by atoms with E-state index >= 15 is 0 Å². The number of ether oxygens (including phenoxy) is 1. The molecule has 5 nitrogen and oxygen atoms in total. The minimum absolute atomic E-state index is 0.0503. The Balaban J connectivity index is 1.77. The second kappa shape index (κ2) is 7.99. The van der Waals surface area contributed by atoms with Crippen LogP contribution in [0.2, 0.25) is 0 Å². The first kappa shape index (κ1) is 21.1. The largest absolute Gasteiger partial charge is 0.419 e. The summed E-state index contributed by atoms with van der Waals surface area (Å²) in [5, 5.41) is 9.68. The molecule has 0 fully saturated rings. The SMILES string of the molecule is CC1(C)CCC(C)(C)c2cc(CN(CO)C(=O)OC(=O)c3ccccc3)ccc21. The first-order valence-corrected chi connectivity index (χ1v) is 9.95. The first-order chi connectivity index (χ1) is 13.6. The molecule has 29 heavy (non-hydrogen) atoms. The molecule has 1 aliphatic rings. The number of nitrogens with zero attached hydrogens (tertiary/aromatic N) is 1. The van der Waals surface area contributed by atoms with Crippen LogP contribution in [0.3, 0.4) is 0 Å². The highest BCUT2D eigenvalue weighted by atomic mass is 16.6. The number of carbonyl (C=O) groups is 2. The van der Waals surface area contributed by atoms with Crippen molar-refractivity contribution in [1.29, 1.82) is 0 Å². The number of fused-ring (bicyclic) bond motifs is 1. The number of rotatable bonds is 4. The van der Waals surface area contributed by atoms with Crippen LogP contribution in [0.4, 0.5) is 4.79 Å². The number of hydrogen-bond acceptors (Lipinski definition) is 4. The fourth-order valence-electron chi connectivity index (χ4n) is 3.90. The lowest BCUT2D eigenvalue weighted by Gasteiger charge is -2.42. The van der Waals surface area contributed by atoms with Crippen LogP contribution in [0.1, 0.15) is 67.6 Å². The number of benzene rings is 2. The third kappa shape index (κ3) is 4.51. The van der Waals surface area contributed by atoms with Crippen molar-refractivity contribution in [3.8, 4) is 0 Å². The van der Waals surface area contributed by atoms with Gasteiger partial charge in [0.05, 0.1) is 12.1 Å². The monoisotopic (exact) mass is 395 g/mol. The quantitative estimate of drug-likeness (QED) is 0.460. The van der Waals surface area contributed by atoms with Gasteiger partial charge in [-0.1, -0.05) is 64.1 Å². The van der Waals surface area contributed by atoms with Gasteiger partial charge in [-0.25, -0.2) is 9.59 Å². The molecule has 0 aliphatic heterocycles. The van der Waals surface area contributed by atoms with Gasteiger partial charge in [0.2, 0.25) is 0 Å². The van der Waals surface area contributed by atoms with Gasteiger partial charge in [-0.15, -0.1) is 0 Å². The molecule has 5 heteroatoms. The molecule has 1 N–H and O–H groups in total. The highest BCUT2D eigenvalue weighted by Crippen LogP contribution is 2.45. The highest BCUT2D eigenvalue weighted by Gasteiger charge is 2.37. The van der Waals surface area contributed by atoms with Crippen molar-refractivity contribution >= 4 is 12.1 Å². The van der Waals surface area contributed by atoms with E-state index in [1.807, 2.05) is 6.07 Å². The number of hydrogen-bond donors (Lipinski definition) is 1. The summed E-state index contributed by atoms with van der Waals surface area (Å²) in [4.78, 5) is 25.6. The molecule has 154 valence electrons. The van der Waals surface area contributed by atoms with Crippen LogP contribution in [0.5, 0.6) is 0 Å². The molecule has 2 aromatic carbocycles. The van der Waals surface area contributed by atoms with Gasteiger partial charge in [-0.2, -0.15) is 0 Å². The van der Waals surface area contributed by atoms with Crippen LogP contribution >= 0.6 is 0 Å². The lowest BCUT2D eigenvalue weighted by atomic mass is 9.63. The van der Waals surface area contributed by atoms with Crippen LogP contribution in [0.15, 0.2) is 48.5 Å². The van der Waals surface area contributed by atoms with Gasteiger partial charge in [0.25, 0.3) is 0 Å². The van der Waals surface area contributed by atoms with Gasteiger partial charge in [0, 0.05) is 0 Å². The van der Waals surface area contributed by atoms with Crippen molar-refractivity contribution in [1.82, 2.24) is 4.90 Å². The van der Waals surface area contributed by atoms with Crippen LogP contribution in [0, 0.1) is 0 Å². The summed E-state index contributed by atoms with van der Waals surface area (Å²) < 4.78 is 4.94. The van der Waals surface area contributed by atoms with Gasteiger partial charge in [-0.3, -0.25) is 4.90 Å². The third-order valence-corrected chi connectivity index (χ3v) is 5.91. The summed E-state index contributed by atoms with van der Waals surface area (Å²) in [6, 6.07) is 14.5. The second-order valence-electron chi connectivity index (χ2n) is 9.01. The molecule has 0 aromatic heterocycles. The Morgan fingerprint density at radius 3 is 2.21 bits per heavy atom. The number of aliphatic hydroxyl groups is 1. The third-order valence-electron chi connectivity index (χ3n) is 5.91. The number of esters is 1. The van der Waals surface area contributed by atoms with E-state index in [1.54, 1.807) is 30.3 Å². The molecule has 2 aromatic rings. The summed E-state index contributed by atoms with van der Waals surface area (Å²) >= 11 is 0. The zero-order valence-electron chi connectivity index (χ0n) is 17.6. The van der Waals surface area contributed by atoms with Crippen LogP contribution < -0.4 is 0 Å². The fourth-order valence-corrected chi connectivity index (χ4v) is 3.90. The molecule has 0 radical (unpaired) electrons. The lowest BCUT2D eigenvalue weighted by molar-refractivity contribution is 0.0418. The Bertz CT molecular complexity index is 902. The summed E-state index contributed by atoms with van der Waals surface area (Å²) in [5.41, 5.74) is 3.95. The van der Waals surface area contributed by atoms with Crippen molar-refractivity contribution in [2.45, 2.75) is 57.9 Å².